The van der Waals surface area contributed by atoms with Crippen LogP contribution in [0.25, 0.3) is 32.9 Å². The molecule has 2 aromatic carbocycles. The SMILES string of the molecule is C=CC(=O)N1CCN(c2nc(OC[C@@]34CCCN3C[C@H](F)C4)nc3c(F)c(-c4cccc5cccc(Cl)c45)ncc23)CC12CCOC2. The second kappa shape index (κ2) is 11.6. The van der Waals surface area contributed by atoms with Crippen molar-refractivity contribution in [2.24, 2.45) is 0 Å². The lowest BCUT2D eigenvalue weighted by Crippen LogP contribution is -2.64. The van der Waals surface area contributed by atoms with Crippen LogP contribution in [0.3, 0.4) is 0 Å². The van der Waals surface area contributed by atoms with Crippen molar-refractivity contribution in [1.29, 1.82) is 0 Å². The van der Waals surface area contributed by atoms with E-state index in [0.29, 0.717) is 79.4 Å². The van der Waals surface area contributed by atoms with Crippen LogP contribution >= 0.6 is 11.6 Å². The van der Waals surface area contributed by atoms with E-state index in [-0.39, 0.29) is 29.7 Å². The number of carbonyl (C=O) groups excluding carboxylic acids is 1. The van der Waals surface area contributed by atoms with Crippen molar-refractivity contribution < 1.29 is 23.0 Å². The molecule has 9 nitrogen and oxygen atoms in total. The highest BCUT2D eigenvalue weighted by molar-refractivity contribution is 6.36. The number of piperazine rings is 1. The summed E-state index contributed by atoms with van der Waals surface area (Å²) in [7, 11) is 0. The number of halogens is 3. The molecule has 1 spiro atoms. The summed E-state index contributed by atoms with van der Waals surface area (Å²) in [4.78, 5) is 33.0. The van der Waals surface area contributed by atoms with Crippen LogP contribution in [-0.4, -0.2) is 100 Å². The average Bonchev–Trinajstić information content (AvgIpc) is 3.78. The molecule has 244 valence electrons. The largest absolute Gasteiger partial charge is 0.461 e. The van der Waals surface area contributed by atoms with Crippen LogP contribution in [-0.2, 0) is 9.53 Å². The number of hydrogen-bond acceptors (Lipinski definition) is 8. The Morgan fingerprint density at radius 3 is 2.83 bits per heavy atom. The van der Waals surface area contributed by atoms with E-state index in [1.165, 1.54) is 6.08 Å². The van der Waals surface area contributed by atoms with Gasteiger partial charge in [-0.1, -0.05) is 48.5 Å². The van der Waals surface area contributed by atoms with Gasteiger partial charge in [0.1, 0.15) is 29.8 Å². The molecule has 4 saturated heterocycles. The smallest absolute Gasteiger partial charge is 0.319 e. The lowest BCUT2D eigenvalue weighted by molar-refractivity contribution is -0.133. The van der Waals surface area contributed by atoms with E-state index in [1.54, 1.807) is 18.3 Å². The Morgan fingerprint density at radius 2 is 2.02 bits per heavy atom. The van der Waals surface area contributed by atoms with Crippen molar-refractivity contribution in [2.75, 3.05) is 57.4 Å². The first-order chi connectivity index (χ1) is 22.8. The molecule has 2 aromatic heterocycles. The Bertz CT molecular complexity index is 1900. The summed E-state index contributed by atoms with van der Waals surface area (Å²) >= 11 is 6.62. The lowest BCUT2D eigenvalue weighted by atomic mass is 9.92. The number of alkyl halides is 1. The van der Waals surface area contributed by atoms with Gasteiger partial charge in [-0.2, -0.15) is 9.97 Å². The Labute approximate surface area is 276 Å². The van der Waals surface area contributed by atoms with Gasteiger partial charge in [0.15, 0.2) is 5.82 Å². The quantitative estimate of drug-likeness (QED) is 0.248. The molecule has 0 bridgehead atoms. The van der Waals surface area contributed by atoms with Crippen molar-refractivity contribution >= 4 is 45.0 Å². The number of fused-ring (bicyclic) bond motifs is 3. The Morgan fingerprint density at radius 1 is 1.17 bits per heavy atom. The second-order valence-corrected chi connectivity index (χ2v) is 13.6. The summed E-state index contributed by atoms with van der Waals surface area (Å²) in [6.45, 7) is 7.28. The lowest BCUT2D eigenvalue weighted by Gasteiger charge is -2.48. The Kier molecular flexibility index (Phi) is 7.53. The Hall–Kier alpha value is -3.93. The number of ether oxygens (including phenoxy) is 2. The molecule has 12 heteroatoms. The van der Waals surface area contributed by atoms with Gasteiger partial charge in [-0.25, -0.2) is 8.78 Å². The summed E-state index contributed by atoms with van der Waals surface area (Å²) in [5.41, 5.74) is -0.284. The topological polar surface area (TPSA) is 83.9 Å². The van der Waals surface area contributed by atoms with Crippen LogP contribution in [0.4, 0.5) is 14.6 Å². The zero-order valence-corrected chi connectivity index (χ0v) is 26.7. The molecule has 3 atom stereocenters. The van der Waals surface area contributed by atoms with E-state index >= 15 is 4.39 Å². The molecule has 6 heterocycles. The van der Waals surface area contributed by atoms with E-state index in [0.717, 1.165) is 24.8 Å². The summed E-state index contributed by atoms with van der Waals surface area (Å²) in [5, 5.41) is 2.48. The minimum Gasteiger partial charge on any atom is -0.461 e. The Balaban J connectivity index is 1.24. The van der Waals surface area contributed by atoms with Crippen molar-refractivity contribution in [1.82, 2.24) is 24.8 Å². The summed E-state index contributed by atoms with van der Waals surface area (Å²) < 4.78 is 43.5. The van der Waals surface area contributed by atoms with E-state index in [9.17, 15) is 9.18 Å². The maximum atomic E-state index is 16.8. The highest BCUT2D eigenvalue weighted by Crippen LogP contribution is 2.42. The number of nitrogens with zero attached hydrogens (tertiary/aromatic N) is 6. The molecule has 1 unspecified atom stereocenters. The van der Waals surface area contributed by atoms with Gasteiger partial charge in [-0.3, -0.25) is 14.7 Å². The van der Waals surface area contributed by atoms with E-state index in [1.807, 2.05) is 34.1 Å². The van der Waals surface area contributed by atoms with Gasteiger partial charge in [0, 0.05) is 61.4 Å². The monoisotopic (exact) mass is 660 g/mol. The van der Waals surface area contributed by atoms with Gasteiger partial charge in [-0.15, -0.1) is 0 Å². The van der Waals surface area contributed by atoms with E-state index in [4.69, 9.17) is 26.1 Å². The molecule has 0 radical (unpaired) electrons. The van der Waals surface area contributed by atoms with Crippen LogP contribution in [0.1, 0.15) is 25.7 Å². The highest BCUT2D eigenvalue weighted by atomic mass is 35.5. The maximum absolute atomic E-state index is 16.8. The molecule has 4 aliphatic heterocycles. The first-order valence-corrected chi connectivity index (χ1v) is 16.5. The zero-order chi connectivity index (χ0) is 32.3. The molecule has 4 aromatic rings. The van der Waals surface area contributed by atoms with Crippen molar-refractivity contribution in [3.63, 3.8) is 0 Å². The number of carbonyl (C=O) groups is 1. The summed E-state index contributed by atoms with van der Waals surface area (Å²) in [6.07, 6.45) is 4.85. The third kappa shape index (κ3) is 5.01. The second-order valence-electron chi connectivity index (χ2n) is 13.2. The number of rotatable bonds is 6. The molecule has 0 aliphatic carbocycles. The van der Waals surface area contributed by atoms with Gasteiger partial charge in [-0.05, 0) is 43.3 Å². The minimum absolute atomic E-state index is 0.0179. The standard InChI is InChI=1S/C35H35ClF2N6O3/c1-2-27(45)44-14-13-42(19-35(44)11-15-46-20-35)32-25-17-39-30(24-8-3-6-22-7-4-9-26(36)28(22)24)29(38)31(25)40-33(41-32)47-21-34-10-5-12-43(34)18-23(37)16-34/h2-4,6-9,17,23H,1,5,10-16,18-21H2/t23-,34+,35?/m1/s1. The van der Waals surface area contributed by atoms with Crippen LogP contribution in [0.15, 0.2) is 55.3 Å². The molecule has 4 fully saturated rings. The van der Waals surface area contributed by atoms with Crippen molar-refractivity contribution in [2.45, 2.75) is 42.9 Å². The van der Waals surface area contributed by atoms with E-state index < -0.39 is 23.1 Å². The van der Waals surface area contributed by atoms with Crippen molar-refractivity contribution in [3.8, 4) is 17.3 Å². The summed E-state index contributed by atoms with van der Waals surface area (Å²) in [5.74, 6) is -0.305. The van der Waals surface area contributed by atoms with Crippen molar-refractivity contribution in [3.05, 3.63) is 66.1 Å². The van der Waals surface area contributed by atoms with E-state index in [2.05, 4.69) is 21.4 Å². The van der Waals surface area contributed by atoms with Gasteiger partial charge in [0.2, 0.25) is 5.91 Å². The zero-order valence-electron chi connectivity index (χ0n) is 25.9. The van der Waals surface area contributed by atoms with Gasteiger partial charge < -0.3 is 19.3 Å². The molecule has 4 aliphatic rings. The van der Waals surface area contributed by atoms with Crippen LogP contribution < -0.4 is 9.64 Å². The maximum Gasteiger partial charge on any atom is 0.319 e. The van der Waals surface area contributed by atoms with Gasteiger partial charge in [0.25, 0.3) is 0 Å². The first-order valence-electron chi connectivity index (χ1n) is 16.1. The molecule has 0 N–H and O–H groups in total. The summed E-state index contributed by atoms with van der Waals surface area (Å²) in [6, 6.07) is 11.1. The van der Waals surface area contributed by atoms with Crippen LogP contribution in [0, 0.1) is 5.82 Å². The normalized spacial score (nSPS) is 26.1. The predicted octanol–water partition coefficient (Wildman–Crippen LogP) is 5.59. The molecule has 0 saturated carbocycles. The fourth-order valence-corrected chi connectivity index (χ4v) is 8.49. The van der Waals surface area contributed by atoms with Gasteiger partial charge in [0.05, 0.1) is 23.1 Å². The number of pyridine rings is 1. The molecule has 1 amide bonds. The molecular weight excluding hydrogens is 626 g/mol. The fraction of sp³-hybridized carbons (Fsp3) is 0.429. The molecular formula is C35H35ClF2N6O3. The third-order valence-corrected chi connectivity index (χ3v) is 10.8. The van der Waals surface area contributed by atoms with Crippen LogP contribution in [0.2, 0.25) is 5.02 Å². The molecule has 47 heavy (non-hydrogen) atoms. The highest BCUT2D eigenvalue weighted by Gasteiger charge is 2.50. The molecule has 8 rings (SSSR count). The number of anilines is 1. The number of hydrogen-bond donors (Lipinski definition) is 0. The number of benzene rings is 2. The number of aromatic nitrogens is 3. The van der Waals surface area contributed by atoms with Gasteiger partial charge >= 0.3 is 6.01 Å². The third-order valence-electron chi connectivity index (χ3n) is 10.5. The van der Waals surface area contributed by atoms with Crippen LogP contribution in [0.5, 0.6) is 6.01 Å². The first kappa shape index (κ1) is 30.4. The predicted molar refractivity (Wildman–Crippen MR) is 176 cm³/mol. The minimum atomic E-state index is -0.912. The average molecular weight is 661 g/mol. The fourth-order valence-electron chi connectivity index (χ4n) is 8.20. The number of amides is 1.